The molecule has 6 heteroatoms. The molecule has 0 N–H and O–H groups in total. The van der Waals surface area contributed by atoms with E-state index in [1.807, 2.05) is 28.4 Å². The molecule has 0 radical (unpaired) electrons. The molecule has 108 valence electrons. The molecule has 1 saturated heterocycles. The topological polar surface area (TPSA) is 39.1 Å². The molecule has 0 saturated carbocycles. The van der Waals surface area contributed by atoms with Gasteiger partial charge in [-0.25, -0.2) is 4.68 Å². The summed E-state index contributed by atoms with van der Waals surface area (Å²) in [5, 5.41) is 4.60. The smallest absolute Gasteiger partial charge is 0.199 e. The number of rotatable bonds is 3. The molecule has 0 aliphatic carbocycles. The van der Waals surface area contributed by atoms with Crippen molar-refractivity contribution >= 4 is 12.2 Å². The Balaban J connectivity index is 1.81. The summed E-state index contributed by atoms with van der Waals surface area (Å²) in [6, 6.07) is 3.77. The average molecular weight is 292 g/mol. The monoisotopic (exact) mass is 292 g/mol. The third-order valence-corrected chi connectivity index (χ3v) is 4.48. The lowest BCUT2D eigenvalue weighted by molar-refractivity contribution is 0.146. The number of furan rings is 1. The van der Waals surface area contributed by atoms with E-state index >= 15 is 0 Å². The lowest BCUT2D eigenvalue weighted by Gasteiger charge is -2.29. The van der Waals surface area contributed by atoms with Crippen molar-refractivity contribution in [3.63, 3.8) is 0 Å². The second-order valence-corrected chi connectivity index (χ2v) is 5.95. The summed E-state index contributed by atoms with van der Waals surface area (Å²) in [4.78, 5) is 2.41. The van der Waals surface area contributed by atoms with Crippen molar-refractivity contribution in [1.29, 1.82) is 0 Å². The van der Waals surface area contributed by atoms with E-state index < -0.39 is 0 Å². The molecule has 1 fully saturated rings. The van der Waals surface area contributed by atoms with Gasteiger partial charge < -0.3 is 8.98 Å². The SMILES string of the molecule is CC1CCN(Cn2nc(-c3ccco3)n(C)c2=S)CC1. The number of piperidine rings is 1. The minimum atomic E-state index is 0.732. The van der Waals surface area contributed by atoms with Crippen LogP contribution in [0, 0.1) is 10.7 Å². The molecule has 0 unspecified atom stereocenters. The molecule has 1 aliphatic heterocycles. The van der Waals surface area contributed by atoms with Crippen LogP contribution in [0.15, 0.2) is 22.8 Å². The zero-order chi connectivity index (χ0) is 14.1. The van der Waals surface area contributed by atoms with E-state index in [4.69, 9.17) is 16.6 Å². The van der Waals surface area contributed by atoms with Gasteiger partial charge >= 0.3 is 0 Å². The zero-order valence-corrected chi connectivity index (χ0v) is 12.8. The van der Waals surface area contributed by atoms with E-state index in [9.17, 15) is 0 Å². The van der Waals surface area contributed by atoms with Gasteiger partial charge in [-0.3, -0.25) is 4.90 Å². The lowest BCUT2D eigenvalue weighted by Crippen LogP contribution is -2.34. The van der Waals surface area contributed by atoms with E-state index in [0.717, 1.165) is 42.0 Å². The van der Waals surface area contributed by atoms with Gasteiger partial charge in [0.2, 0.25) is 0 Å². The minimum absolute atomic E-state index is 0.732. The van der Waals surface area contributed by atoms with Crippen LogP contribution in [-0.2, 0) is 13.7 Å². The van der Waals surface area contributed by atoms with Gasteiger partial charge in [0.1, 0.15) is 0 Å². The standard InChI is InChI=1S/C14H20N4OS/c1-11-5-7-17(8-6-11)10-18-14(20)16(2)13(15-18)12-4-3-9-19-12/h3-4,9,11H,5-8,10H2,1-2H3. The Morgan fingerprint density at radius 1 is 1.40 bits per heavy atom. The van der Waals surface area contributed by atoms with E-state index in [1.54, 1.807) is 6.26 Å². The summed E-state index contributed by atoms with van der Waals surface area (Å²) in [5.41, 5.74) is 0. The molecule has 3 heterocycles. The largest absolute Gasteiger partial charge is 0.461 e. The molecule has 0 bridgehead atoms. The first-order chi connectivity index (χ1) is 9.65. The highest BCUT2D eigenvalue weighted by atomic mass is 32.1. The summed E-state index contributed by atoms with van der Waals surface area (Å²) in [6.45, 7) is 5.32. The summed E-state index contributed by atoms with van der Waals surface area (Å²) in [6.07, 6.45) is 4.17. The van der Waals surface area contributed by atoms with E-state index in [-0.39, 0.29) is 0 Å². The van der Waals surface area contributed by atoms with Crippen molar-refractivity contribution in [2.75, 3.05) is 13.1 Å². The molecule has 0 atom stereocenters. The maximum Gasteiger partial charge on any atom is 0.199 e. The third kappa shape index (κ3) is 2.58. The molecule has 1 aliphatic rings. The fraction of sp³-hybridized carbons (Fsp3) is 0.571. The van der Waals surface area contributed by atoms with E-state index in [2.05, 4.69) is 16.9 Å². The van der Waals surface area contributed by atoms with Gasteiger partial charge in [0.15, 0.2) is 16.4 Å². The van der Waals surface area contributed by atoms with Crippen LogP contribution in [0.2, 0.25) is 0 Å². The summed E-state index contributed by atoms with van der Waals surface area (Å²) in [7, 11) is 1.93. The second-order valence-electron chi connectivity index (χ2n) is 5.58. The molecule has 2 aromatic heterocycles. The molecule has 2 aromatic rings. The average Bonchev–Trinajstić information content (AvgIpc) is 3.05. The molecule has 5 nitrogen and oxygen atoms in total. The zero-order valence-electron chi connectivity index (χ0n) is 12.0. The number of likely N-dealkylation sites (tertiary alicyclic amines) is 1. The van der Waals surface area contributed by atoms with Gasteiger partial charge in [-0.15, -0.1) is 5.10 Å². The predicted molar refractivity (Wildman–Crippen MR) is 79.7 cm³/mol. The number of nitrogens with zero attached hydrogens (tertiary/aromatic N) is 4. The molecule has 20 heavy (non-hydrogen) atoms. The first-order valence-corrected chi connectivity index (χ1v) is 7.46. The third-order valence-electron chi connectivity index (χ3n) is 3.99. The Kier molecular flexibility index (Phi) is 3.76. The maximum atomic E-state index is 5.47. The van der Waals surface area contributed by atoms with Crippen molar-refractivity contribution in [2.45, 2.75) is 26.4 Å². The van der Waals surface area contributed by atoms with Gasteiger partial charge in [0.05, 0.1) is 12.9 Å². The first-order valence-electron chi connectivity index (χ1n) is 7.05. The molecular formula is C14H20N4OS. The van der Waals surface area contributed by atoms with Crippen LogP contribution in [0.3, 0.4) is 0 Å². The van der Waals surface area contributed by atoms with Crippen LogP contribution < -0.4 is 0 Å². The summed E-state index contributed by atoms with van der Waals surface area (Å²) < 4.78 is 9.94. The number of aromatic nitrogens is 3. The van der Waals surface area contributed by atoms with Crippen molar-refractivity contribution in [3.05, 3.63) is 23.2 Å². The predicted octanol–water partition coefficient (Wildman–Crippen LogP) is 2.90. The molecule has 0 spiro atoms. The minimum Gasteiger partial charge on any atom is -0.461 e. The van der Waals surface area contributed by atoms with Crippen molar-refractivity contribution < 1.29 is 4.42 Å². The van der Waals surface area contributed by atoms with Crippen LogP contribution in [0.5, 0.6) is 0 Å². The van der Waals surface area contributed by atoms with Gasteiger partial charge in [-0.1, -0.05) is 6.92 Å². The summed E-state index contributed by atoms with van der Waals surface area (Å²) in [5.74, 6) is 2.37. The van der Waals surface area contributed by atoms with E-state index in [1.165, 1.54) is 12.8 Å². The van der Waals surface area contributed by atoms with Crippen molar-refractivity contribution in [2.24, 2.45) is 13.0 Å². The molecule has 3 rings (SSSR count). The normalized spacial score (nSPS) is 17.7. The Bertz CT molecular complexity index is 620. The maximum absolute atomic E-state index is 5.47. The second kappa shape index (κ2) is 5.54. The van der Waals surface area contributed by atoms with Crippen molar-refractivity contribution in [1.82, 2.24) is 19.2 Å². The Morgan fingerprint density at radius 3 is 2.80 bits per heavy atom. The van der Waals surface area contributed by atoms with Gasteiger partial charge in [-0.2, -0.15) is 0 Å². The quantitative estimate of drug-likeness (QED) is 0.815. The lowest BCUT2D eigenvalue weighted by atomic mass is 10.00. The van der Waals surface area contributed by atoms with Crippen LogP contribution in [0.1, 0.15) is 19.8 Å². The van der Waals surface area contributed by atoms with Crippen LogP contribution >= 0.6 is 12.2 Å². The van der Waals surface area contributed by atoms with Gasteiger partial charge in [0, 0.05) is 20.1 Å². The Morgan fingerprint density at radius 2 is 2.15 bits per heavy atom. The first kappa shape index (κ1) is 13.6. The molecular weight excluding hydrogens is 272 g/mol. The fourth-order valence-electron chi connectivity index (χ4n) is 2.59. The van der Waals surface area contributed by atoms with Gasteiger partial charge in [0.25, 0.3) is 0 Å². The molecule has 0 aromatic carbocycles. The number of hydrogen-bond donors (Lipinski definition) is 0. The fourth-order valence-corrected chi connectivity index (χ4v) is 2.78. The Hall–Kier alpha value is -1.40. The Labute approximate surface area is 123 Å². The summed E-state index contributed by atoms with van der Waals surface area (Å²) >= 11 is 5.47. The van der Waals surface area contributed by atoms with Crippen LogP contribution in [-0.4, -0.2) is 32.3 Å². The van der Waals surface area contributed by atoms with Crippen molar-refractivity contribution in [3.8, 4) is 11.6 Å². The van der Waals surface area contributed by atoms with Gasteiger partial charge in [-0.05, 0) is 43.1 Å². The number of hydrogen-bond acceptors (Lipinski definition) is 4. The molecule has 0 amide bonds. The highest BCUT2D eigenvalue weighted by Crippen LogP contribution is 2.19. The highest BCUT2D eigenvalue weighted by molar-refractivity contribution is 7.71. The van der Waals surface area contributed by atoms with Crippen LogP contribution in [0.25, 0.3) is 11.6 Å². The van der Waals surface area contributed by atoms with Crippen LogP contribution in [0.4, 0.5) is 0 Å². The van der Waals surface area contributed by atoms with E-state index in [0.29, 0.717) is 0 Å². The highest BCUT2D eigenvalue weighted by Gasteiger charge is 2.18.